The second kappa shape index (κ2) is 10.5. The van der Waals surface area contributed by atoms with E-state index in [0.717, 1.165) is 6.07 Å². The van der Waals surface area contributed by atoms with E-state index >= 15 is 0 Å². The predicted molar refractivity (Wildman–Crippen MR) is 138 cm³/mol. The number of hydrogen-bond acceptors (Lipinski definition) is 7. The number of fused-ring (bicyclic) bond motifs is 1. The number of benzene rings is 1. The molecule has 0 aliphatic rings. The highest BCUT2D eigenvalue weighted by Gasteiger charge is 2.33. The first-order valence-corrected chi connectivity index (χ1v) is 11.6. The Morgan fingerprint density at radius 1 is 1.05 bits per heavy atom. The van der Waals surface area contributed by atoms with Crippen molar-refractivity contribution in [3.63, 3.8) is 0 Å². The molecule has 14 heteroatoms. The van der Waals surface area contributed by atoms with Gasteiger partial charge in [-0.3, -0.25) is 14.3 Å². The van der Waals surface area contributed by atoms with E-state index in [2.05, 4.69) is 37.7 Å². The maximum atomic E-state index is 13.2. The van der Waals surface area contributed by atoms with Crippen molar-refractivity contribution < 1.29 is 32.3 Å². The second-order valence-electron chi connectivity index (χ2n) is 9.40. The molecular weight excluding hydrogens is 531 g/mol. The van der Waals surface area contributed by atoms with Gasteiger partial charge in [-0.2, -0.15) is 13.2 Å². The Morgan fingerprint density at radius 2 is 1.80 bits per heavy atom. The number of ether oxygens (including phenoxy) is 1. The van der Waals surface area contributed by atoms with Gasteiger partial charge in [0.25, 0.3) is 0 Å². The molecule has 2 aromatic carbocycles. The monoisotopic (exact) mass is 553 g/mol. The van der Waals surface area contributed by atoms with Crippen molar-refractivity contribution in [3.05, 3.63) is 66.2 Å². The molecule has 3 amide bonds. The van der Waals surface area contributed by atoms with Crippen molar-refractivity contribution in [2.45, 2.75) is 32.5 Å². The largest absolute Gasteiger partial charge is 0.443 e. The Bertz CT molecular complexity index is 1580. The van der Waals surface area contributed by atoms with Gasteiger partial charge in [-0.05, 0) is 63.2 Å². The highest BCUT2D eigenvalue weighted by atomic mass is 19.4. The van der Waals surface area contributed by atoms with Crippen molar-refractivity contribution >= 4 is 46.8 Å². The number of alkyl halides is 3. The van der Waals surface area contributed by atoms with Gasteiger partial charge in [-0.1, -0.05) is 0 Å². The zero-order chi connectivity index (χ0) is 29.2. The molecule has 0 aliphatic carbocycles. The third-order valence-electron chi connectivity index (χ3n) is 5.28. The van der Waals surface area contributed by atoms with E-state index in [9.17, 15) is 27.6 Å². The maximum absolute atomic E-state index is 13.2. The molecule has 0 saturated heterocycles. The molecular formula is C26H22F3N7O4. The standard InChI is InChI=1S/C26H22F3N7O4/c1-25(2,3)40-24(39)35(4)21-20-22(31-13-30-21)36(14-32-20)18-9-7-16(8-10-18)33-23(38)34-17-6-5-15(12-37)19(11-17)26(27,28)29/h5-7,9,11-14H,1-4H3,(H2,33,34,38). The van der Waals surface area contributed by atoms with Gasteiger partial charge < -0.3 is 15.4 Å². The molecule has 0 atom stereocenters. The van der Waals surface area contributed by atoms with Crippen LogP contribution < -0.4 is 15.5 Å². The molecule has 0 fully saturated rings. The third kappa shape index (κ3) is 6.09. The van der Waals surface area contributed by atoms with Crippen molar-refractivity contribution in [1.82, 2.24) is 19.5 Å². The van der Waals surface area contributed by atoms with Crippen LogP contribution in [0.3, 0.4) is 0 Å². The van der Waals surface area contributed by atoms with Gasteiger partial charge in [-0.15, -0.1) is 0 Å². The predicted octanol–water partition coefficient (Wildman–Crippen LogP) is 5.26. The Hall–Kier alpha value is -5.19. The van der Waals surface area contributed by atoms with Gasteiger partial charge in [0.05, 0.1) is 16.9 Å². The minimum Gasteiger partial charge on any atom is -0.443 e. The molecule has 2 aromatic heterocycles. The van der Waals surface area contributed by atoms with E-state index in [1.807, 2.05) is 0 Å². The molecule has 11 nitrogen and oxygen atoms in total. The Kier molecular flexibility index (Phi) is 7.32. The lowest BCUT2D eigenvalue weighted by Crippen LogP contribution is -2.34. The van der Waals surface area contributed by atoms with Gasteiger partial charge in [0.1, 0.15) is 18.3 Å². The molecule has 2 N–H and O–H groups in total. The van der Waals surface area contributed by atoms with Crippen LogP contribution in [0.25, 0.3) is 16.9 Å². The number of urea groups is 1. The quantitative estimate of drug-likeness (QED) is 0.322. The minimum absolute atomic E-state index is 0.0919. The molecule has 206 valence electrons. The fourth-order valence-electron chi connectivity index (χ4n) is 3.52. The molecule has 0 bridgehead atoms. The lowest BCUT2D eigenvalue weighted by Gasteiger charge is -2.24. The molecule has 0 spiro atoms. The van der Waals surface area contributed by atoms with Crippen LogP contribution in [-0.4, -0.2) is 50.6 Å². The number of carbonyl (C=O) groups excluding carboxylic acids is 3. The Labute approximate surface area is 226 Å². The molecule has 4 rings (SSSR count). The summed E-state index contributed by atoms with van der Waals surface area (Å²) in [6, 6.07) is 10.6. The van der Waals surface area contributed by atoms with E-state index < -0.39 is 35.0 Å². The van der Waals surface area contributed by atoms with Crippen LogP contribution in [0.4, 0.5) is 40.0 Å². The number of nitrogens with one attached hydrogen (secondary N) is 2. The number of rotatable bonds is 5. The fraction of sp³-hybridized carbons (Fsp3) is 0.231. The third-order valence-corrected chi connectivity index (χ3v) is 5.28. The first kappa shape index (κ1) is 27.8. The summed E-state index contributed by atoms with van der Waals surface area (Å²) in [6.45, 7) is 5.23. The summed E-state index contributed by atoms with van der Waals surface area (Å²) in [5, 5.41) is 4.73. The van der Waals surface area contributed by atoms with Crippen molar-refractivity contribution in [2.24, 2.45) is 0 Å². The van der Waals surface area contributed by atoms with E-state index in [0.29, 0.717) is 22.9 Å². The summed E-state index contributed by atoms with van der Waals surface area (Å²) in [4.78, 5) is 49.7. The highest BCUT2D eigenvalue weighted by Crippen LogP contribution is 2.33. The Morgan fingerprint density at radius 3 is 2.42 bits per heavy atom. The zero-order valence-electron chi connectivity index (χ0n) is 21.6. The summed E-state index contributed by atoms with van der Waals surface area (Å²) in [5.41, 5.74) is -1.27. The van der Waals surface area contributed by atoms with E-state index in [1.54, 1.807) is 31.4 Å². The number of hydrogen-bond donors (Lipinski definition) is 2. The SMILES string of the molecule is CN(C(=O)OC(C)(C)C)c1ncnc2c1ncn2-c1c#cc(NC(=O)Nc2ccc(C=O)c(C(F)(F)F)c2)cc1. The summed E-state index contributed by atoms with van der Waals surface area (Å²) < 4.78 is 46.5. The van der Waals surface area contributed by atoms with Gasteiger partial charge in [-0.25, -0.2) is 24.5 Å². The Balaban J connectivity index is 1.50. The molecule has 4 aromatic rings. The van der Waals surface area contributed by atoms with E-state index in [4.69, 9.17) is 4.74 Å². The molecule has 0 unspecified atom stereocenters. The number of carbonyl (C=O) groups is 3. The number of aromatic nitrogens is 4. The minimum atomic E-state index is -4.77. The van der Waals surface area contributed by atoms with E-state index in [1.165, 1.54) is 36.7 Å². The van der Waals surface area contributed by atoms with Crippen LogP contribution in [0.5, 0.6) is 0 Å². The fourth-order valence-corrected chi connectivity index (χ4v) is 3.52. The summed E-state index contributed by atoms with van der Waals surface area (Å²) in [5.74, 6) is 0.229. The second-order valence-corrected chi connectivity index (χ2v) is 9.40. The lowest BCUT2D eigenvalue weighted by molar-refractivity contribution is -0.137. The number of imidazole rings is 1. The maximum Gasteiger partial charge on any atom is 0.417 e. The number of nitrogens with zero attached hydrogens (tertiary/aromatic N) is 5. The summed E-state index contributed by atoms with van der Waals surface area (Å²) in [7, 11) is 1.50. The van der Waals surface area contributed by atoms with Crippen LogP contribution in [-0.2, 0) is 10.9 Å². The van der Waals surface area contributed by atoms with Crippen LogP contribution in [0.1, 0.15) is 36.7 Å². The average molecular weight is 554 g/mol. The summed E-state index contributed by atoms with van der Waals surface area (Å²) >= 11 is 0. The first-order chi connectivity index (χ1) is 18.8. The van der Waals surface area contributed by atoms with E-state index in [-0.39, 0.29) is 23.5 Å². The van der Waals surface area contributed by atoms with Gasteiger partial charge in [0, 0.05) is 18.3 Å². The van der Waals surface area contributed by atoms with Crippen LogP contribution >= 0.6 is 0 Å². The molecule has 40 heavy (non-hydrogen) atoms. The van der Waals surface area contributed by atoms with Crippen molar-refractivity contribution in [1.29, 1.82) is 0 Å². The van der Waals surface area contributed by atoms with Crippen molar-refractivity contribution in [3.8, 4) is 5.69 Å². The van der Waals surface area contributed by atoms with Crippen LogP contribution in [0.2, 0.25) is 0 Å². The normalized spacial score (nSPS) is 11.5. The summed E-state index contributed by atoms with van der Waals surface area (Å²) in [6.07, 6.45) is -2.57. The zero-order valence-corrected chi connectivity index (χ0v) is 21.6. The van der Waals surface area contributed by atoms with Crippen LogP contribution in [0, 0.1) is 12.1 Å². The number of aldehydes is 1. The molecule has 2 heterocycles. The number of halogens is 3. The van der Waals surface area contributed by atoms with Gasteiger partial charge >= 0.3 is 18.3 Å². The topological polar surface area (TPSA) is 131 Å². The van der Waals surface area contributed by atoms with Crippen molar-refractivity contribution in [2.75, 3.05) is 22.6 Å². The van der Waals surface area contributed by atoms with Gasteiger partial charge in [0.15, 0.2) is 23.3 Å². The number of anilines is 3. The van der Waals surface area contributed by atoms with Crippen LogP contribution in [0.15, 0.2) is 43.0 Å². The molecule has 0 radical (unpaired) electrons. The first-order valence-electron chi connectivity index (χ1n) is 11.6. The smallest absolute Gasteiger partial charge is 0.417 e. The molecule has 0 saturated carbocycles. The van der Waals surface area contributed by atoms with Gasteiger partial charge in [0.2, 0.25) is 0 Å². The molecule has 0 aliphatic heterocycles. The number of amides is 3. The average Bonchev–Trinajstić information content (AvgIpc) is 3.31. The highest BCUT2D eigenvalue weighted by molar-refractivity contribution is 6.00. The lowest BCUT2D eigenvalue weighted by atomic mass is 10.1.